The van der Waals surface area contributed by atoms with Crippen LogP contribution in [0.2, 0.25) is 0 Å². The third-order valence-corrected chi connectivity index (χ3v) is 7.70. The molecule has 1 aliphatic heterocycles. The van der Waals surface area contributed by atoms with Crippen LogP contribution in [0, 0.1) is 5.92 Å². The van der Waals surface area contributed by atoms with Crippen LogP contribution in [0.5, 0.6) is 0 Å². The molecule has 2 fully saturated rings. The molecule has 6 nitrogen and oxygen atoms in total. The third kappa shape index (κ3) is 5.21. The van der Waals surface area contributed by atoms with Crippen LogP contribution >= 0.6 is 0 Å². The zero-order chi connectivity index (χ0) is 22.6. The molecule has 33 heavy (non-hydrogen) atoms. The van der Waals surface area contributed by atoms with Crippen LogP contribution in [0.3, 0.4) is 0 Å². The monoisotopic (exact) mass is 446 g/mol. The maximum absolute atomic E-state index is 12.7. The summed E-state index contributed by atoms with van der Waals surface area (Å²) in [7, 11) is 0. The van der Waals surface area contributed by atoms with Crippen LogP contribution < -0.4 is 10.6 Å². The molecule has 1 aromatic carbocycles. The molecule has 2 heterocycles. The number of carbonyl (C=O) groups excluding carboxylic acids is 2. The van der Waals surface area contributed by atoms with E-state index in [0.29, 0.717) is 25.0 Å². The lowest BCUT2D eigenvalue weighted by atomic mass is 9.81. The van der Waals surface area contributed by atoms with Crippen LogP contribution in [-0.4, -0.2) is 27.9 Å². The molecule has 6 heteroatoms. The fraction of sp³-hybridized carbons (Fsp3) is 0.519. The molecular formula is C27H34N4O2. The Hall–Kier alpha value is -2.89. The second-order valence-corrected chi connectivity index (χ2v) is 9.94. The predicted molar refractivity (Wildman–Crippen MR) is 129 cm³/mol. The van der Waals surface area contributed by atoms with Crippen molar-refractivity contribution < 1.29 is 9.59 Å². The van der Waals surface area contributed by atoms with Gasteiger partial charge in [-0.1, -0.05) is 31.4 Å². The Bertz CT molecular complexity index is 951. The summed E-state index contributed by atoms with van der Waals surface area (Å²) in [6.45, 7) is 1.23. The van der Waals surface area contributed by atoms with Gasteiger partial charge in [-0.2, -0.15) is 0 Å². The van der Waals surface area contributed by atoms with Crippen molar-refractivity contribution in [1.82, 2.24) is 15.2 Å². The highest BCUT2D eigenvalue weighted by Gasteiger charge is 2.27. The summed E-state index contributed by atoms with van der Waals surface area (Å²) in [5, 5.41) is 6.36. The van der Waals surface area contributed by atoms with Crippen molar-refractivity contribution in [1.29, 1.82) is 0 Å². The van der Waals surface area contributed by atoms with E-state index in [1.807, 2.05) is 29.3 Å². The zero-order valence-electron chi connectivity index (χ0n) is 19.3. The molecule has 0 bridgehead atoms. The summed E-state index contributed by atoms with van der Waals surface area (Å²) >= 11 is 0. The minimum atomic E-state index is -0.0758. The number of amides is 3. The first-order valence-corrected chi connectivity index (χ1v) is 12.5. The fourth-order valence-electron chi connectivity index (χ4n) is 5.66. The molecule has 3 amide bonds. The molecule has 3 aliphatic rings. The maximum Gasteiger partial charge on any atom is 0.322 e. The van der Waals surface area contributed by atoms with Crippen molar-refractivity contribution in [3.8, 4) is 0 Å². The number of nitrogens with one attached hydrogen (secondary N) is 2. The van der Waals surface area contributed by atoms with Gasteiger partial charge in [0.15, 0.2) is 0 Å². The standard InChI is InChI=1S/C27H34N4O2/c32-26(21-4-2-1-3-5-21)29-24-10-6-19(7-11-24)20-8-12-25(13-9-20)30-27(33)31-17-22-14-15-28-16-23(22)18-31/h8-9,12-16,19,21,24H,1-7,10-11,17-18H2,(H,29,32)(H,30,33). The van der Waals surface area contributed by atoms with E-state index >= 15 is 0 Å². The summed E-state index contributed by atoms with van der Waals surface area (Å²) in [5.74, 6) is 1.05. The first kappa shape index (κ1) is 21.9. The van der Waals surface area contributed by atoms with E-state index in [2.05, 4.69) is 27.8 Å². The number of anilines is 1. The van der Waals surface area contributed by atoms with Gasteiger partial charge in [-0.25, -0.2) is 4.79 Å². The third-order valence-electron chi connectivity index (χ3n) is 7.70. The molecule has 2 saturated carbocycles. The number of fused-ring (bicyclic) bond motifs is 1. The fourth-order valence-corrected chi connectivity index (χ4v) is 5.66. The molecular weight excluding hydrogens is 412 g/mol. The summed E-state index contributed by atoms with van der Waals surface area (Å²) < 4.78 is 0. The van der Waals surface area contributed by atoms with E-state index < -0.39 is 0 Å². The van der Waals surface area contributed by atoms with E-state index in [1.165, 1.54) is 30.4 Å². The van der Waals surface area contributed by atoms with Gasteiger partial charge < -0.3 is 15.5 Å². The van der Waals surface area contributed by atoms with Gasteiger partial charge in [0.25, 0.3) is 0 Å². The minimum Gasteiger partial charge on any atom is -0.353 e. The second kappa shape index (κ2) is 9.94. The van der Waals surface area contributed by atoms with Crippen LogP contribution in [0.4, 0.5) is 10.5 Å². The largest absolute Gasteiger partial charge is 0.353 e. The van der Waals surface area contributed by atoms with E-state index in [4.69, 9.17) is 0 Å². The maximum atomic E-state index is 12.7. The van der Waals surface area contributed by atoms with Gasteiger partial charge in [0.05, 0.1) is 0 Å². The lowest BCUT2D eigenvalue weighted by Crippen LogP contribution is -2.41. The summed E-state index contributed by atoms with van der Waals surface area (Å²) in [6, 6.07) is 10.5. The van der Waals surface area contributed by atoms with Gasteiger partial charge in [-0.15, -0.1) is 0 Å². The van der Waals surface area contributed by atoms with E-state index in [1.54, 1.807) is 6.20 Å². The minimum absolute atomic E-state index is 0.0758. The Kier molecular flexibility index (Phi) is 6.60. The van der Waals surface area contributed by atoms with Crippen molar-refractivity contribution in [2.75, 3.05) is 5.32 Å². The van der Waals surface area contributed by atoms with Crippen LogP contribution in [0.15, 0.2) is 42.7 Å². The summed E-state index contributed by atoms with van der Waals surface area (Å²) in [4.78, 5) is 31.2. The topological polar surface area (TPSA) is 74.3 Å². The highest BCUT2D eigenvalue weighted by molar-refractivity contribution is 5.89. The number of pyridine rings is 1. The second-order valence-electron chi connectivity index (χ2n) is 9.94. The molecule has 0 saturated heterocycles. The molecule has 2 N–H and O–H groups in total. The molecule has 0 spiro atoms. The zero-order valence-corrected chi connectivity index (χ0v) is 19.3. The van der Waals surface area contributed by atoms with Gasteiger partial charge in [-0.3, -0.25) is 9.78 Å². The molecule has 2 aliphatic carbocycles. The summed E-state index contributed by atoms with van der Waals surface area (Å²) in [6.07, 6.45) is 13.7. The Morgan fingerprint density at radius 1 is 0.848 bits per heavy atom. The quantitative estimate of drug-likeness (QED) is 0.665. The van der Waals surface area contributed by atoms with Gasteiger partial charge >= 0.3 is 6.03 Å². The Labute approximate surface area is 196 Å². The van der Waals surface area contributed by atoms with Gasteiger partial charge in [0.2, 0.25) is 5.91 Å². The van der Waals surface area contributed by atoms with Gasteiger partial charge in [0.1, 0.15) is 0 Å². The van der Waals surface area contributed by atoms with Crippen LogP contribution in [-0.2, 0) is 17.9 Å². The molecule has 5 rings (SSSR count). The Balaban J connectivity index is 1.09. The SMILES string of the molecule is O=C(NC1CCC(c2ccc(NC(=O)N3Cc4ccncc4C3)cc2)CC1)C1CCCCC1. The lowest BCUT2D eigenvalue weighted by molar-refractivity contribution is -0.126. The van der Waals surface area contributed by atoms with Crippen molar-refractivity contribution in [2.45, 2.75) is 82.8 Å². The number of carbonyl (C=O) groups is 2. The lowest BCUT2D eigenvalue weighted by Gasteiger charge is -2.31. The molecule has 0 atom stereocenters. The smallest absolute Gasteiger partial charge is 0.322 e. The normalized spacial score (nSPS) is 23.1. The Morgan fingerprint density at radius 2 is 1.58 bits per heavy atom. The highest BCUT2D eigenvalue weighted by atomic mass is 16.2. The van der Waals surface area contributed by atoms with Gasteiger partial charge in [-0.05, 0) is 79.3 Å². The first-order valence-electron chi connectivity index (χ1n) is 12.5. The average molecular weight is 447 g/mol. The molecule has 0 radical (unpaired) electrons. The average Bonchev–Trinajstić information content (AvgIpc) is 3.30. The van der Waals surface area contributed by atoms with E-state index in [-0.39, 0.29) is 17.9 Å². The van der Waals surface area contributed by atoms with Crippen molar-refractivity contribution in [2.24, 2.45) is 5.92 Å². The molecule has 1 aromatic heterocycles. The number of benzene rings is 1. The number of hydrogen-bond acceptors (Lipinski definition) is 3. The number of rotatable bonds is 4. The Morgan fingerprint density at radius 3 is 2.30 bits per heavy atom. The van der Waals surface area contributed by atoms with Gasteiger partial charge in [0, 0.05) is 43.1 Å². The highest BCUT2D eigenvalue weighted by Crippen LogP contribution is 2.34. The van der Waals surface area contributed by atoms with E-state index in [0.717, 1.165) is 49.8 Å². The number of hydrogen-bond donors (Lipinski definition) is 2. The molecule has 0 unspecified atom stereocenters. The number of nitrogens with zero attached hydrogens (tertiary/aromatic N) is 2. The van der Waals surface area contributed by atoms with Crippen molar-refractivity contribution >= 4 is 17.6 Å². The summed E-state index contributed by atoms with van der Waals surface area (Å²) in [5.41, 5.74) is 4.44. The number of urea groups is 1. The number of aromatic nitrogens is 1. The predicted octanol–water partition coefficient (Wildman–Crippen LogP) is 5.35. The van der Waals surface area contributed by atoms with Crippen LogP contribution in [0.25, 0.3) is 0 Å². The first-order chi connectivity index (χ1) is 16.2. The van der Waals surface area contributed by atoms with Crippen molar-refractivity contribution in [3.05, 3.63) is 59.4 Å². The van der Waals surface area contributed by atoms with Crippen LogP contribution in [0.1, 0.15) is 80.4 Å². The molecule has 174 valence electrons. The van der Waals surface area contributed by atoms with E-state index in [9.17, 15) is 9.59 Å². The van der Waals surface area contributed by atoms with Crippen molar-refractivity contribution in [3.63, 3.8) is 0 Å². The molecule has 2 aromatic rings.